The number of halogens is 1. The van der Waals surface area contributed by atoms with Gasteiger partial charge in [-0.05, 0) is 53.5 Å². The molecule has 0 spiro atoms. The summed E-state index contributed by atoms with van der Waals surface area (Å²) in [4.78, 5) is 5.01. The van der Waals surface area contributed by atoms with Crippen molar-refractivity contribution in [3.8, 4) is 11.1 Å². The number of nitrogens with zero attached hydrogens (tertiary/aromatic N) is 1. The molecule has 25 heavy (non-hydrogen) atoms. The summed E-state index contributed by atoms with van der Waals surface area (Å²) in [6.45, 7) is 10.9. The smallest absolute Gasteiger partial charge is 0.0705 e. The molecule has 136 valence electrons. The Labute approximate surface area is 157 Å². The van der Waals surface area contributed by atoms with Gasteiger partial charge in [0.1, 0.15) is 0 Å². The highest BCUT2D eigenvalue weighted by molar-refractivity contribution is 6.30. The molecule has 0 radical (unpaired) electrons. The predicted molar refractivity (Wildman–Crippen MR) is 107 cm³/mol. The van der Waals surface area contributed by atoms with E-state index >= 15 is 0 Å². The number of pyridine rings is 1. The zero-order chi connectivity index (χ0) is 18.6. The Bertz CT molecular complexity index is 705. The van der Waals surface area contributed by atoms with Crippen LogP contribution in [0.1, 0.15) is 81.8 Å². The molecule has 0 saturated heterocycles. The molecule has 1 heterocycles. The molecule has 0 unspecified atom stereocenters. The number of aromatic nitrogens is 1. The number of hydrogen-bond donors (Lipinski definition) is 1. The Hall–Kier alpha value is -1.38. The Balaban J connectivity index is 2.83. The minimum Gasteiger partial charge on any atom is -0.392 e. The molecule has 0 saturated carbocycles. The lowest BCUT2D eigenvalue weighted by Gasteiger charge is -2.24. The third kappa shape index (κ3) is 4.43. The summed E-state index contributed by atoms with van der Waals surface area (Å²) in [5.41, 5.74) is 6.71. The van der Waals surface area contributed by atoms with Gasteiger partial charge in [-0.1, -0.05) is 64.8 Å². The van der Waals surface area contributed by atoms with E-state index in [-0.39, 0.29) is 12.5 Å². The largest absolute Gasteiger partial charge is 0.392 e. The monoisotopic (exact) mass is 359 g/mol. The van der Waals surface area contributed by atoms with Gasteiger partial charge < -0.3 is 5.11 Å². The van der Waals surface area contributed by atoms with E-state index in [0.29, 0.717) is 5.92 Å². The zero-order valence-electron chi connectivity index (χ0n) is 16.1. The van der Waals surface area contributed by atoms with Crippen LogP contribution >= 0.6 is 11.6 Å². The van der Waals surface area contributed by atoms with Crippen molar-refractivity contribution in [2.75, 3.05) is 0 Å². The van der Waals surface area contributed by atoms with E-state index < -0.39 is 0 Å². The first-order chi connectivity index (χ1) is 11.9. The predicted octanol–water partition coefficient (Wildman–Crippen LogP) is 6.48. The van der Waals surface area contributed by atoms with E-state index in [0.717, 1.165) is 46.7 Å². The highest BCUT2D eigenvalue weighted by Crippen LogP contribution is 2.37. The Morgan fingerprint density at radius 1 is 0.960 bits per heavy atom. The average Bonchev–Trinajstić information content (AvgIpc) is 2.58. The van der Waals surface area contributed by atoms with E-state index in [2.05, 4.69) is 46.8 Å². The summed E-state index contributed by atoms with van der Waals surface area (Å²) in [6.07, 6.45) is 3.24. The SMILES string of the molecule is CCCCc1c(C(C)C)nc(C(C)C)c(CO)c1-c1ccc(Cl)cc1. The molecule has 0 aliphatic carbocycles. The molecule has 3 heteroatoms. The van der Waals surface area contributed by atoms with Crippen LogP contribution in [0.2, 0.25) is 5.02 Å². The maximum Gasteiger partial charge on any atom is 0.0705 e. The lowest BCUT2D eigenvalue weighted by molar-refractivity contribution is 0.279. The van der Waals surface area contributed by atoms with Gasteiger partial charge in [-0.25, -0.2) is 0 Å². The normalized spacial score (nSPS) is 11.6. The first-order valence-corrected chi connectivity index (χ1v) is 9.70. The van der Waals surface area contributed by atoms with Gasteiger partial charge in [0, 0.05) is 22.0 Å². The van der Waals surface area contributed by atoms with Crippen LogP contribution in [0, 0.1) is 0 Å². The van der Waals surface area contributed by atoms with Gasteiger partial charge in [0.05, 0.1) is 6.61 Å². The topological polar surface area (TPSA) is 33.1 Å². The zero-order valence-corrected chi connectivity index (χ0v) is 16.8. The quantitative estimate of drug-likeness (QED) is 0.613. The number of hydrogen-bond acceptors (Lipinski definition) is 2. The first-order valence-electron chi connectivity index (χ1n) is 9.32. The summed E-state index contributed by atoms with van der Waals surface area (Å²) < 4.78 is 0. The second kappa shape index (κ2) is 8.82. The maximum atomic E-state index is 10.2. The molecule has 0 bridgehead atoms. The van der Waals surface area contributed by atoms with E-state index in [1.54, 1.807) is 0 Å². The minimum atomic E-state index is 0.00989. The minimum absolute atomic E-state index is 0.00989. The van der Waals surface area contributed by atoms with Gasteiger partial charge >= 0.3 is 0 Å². The molecule has 0 amide bonds. The Kier molecular flexibility index (Phi) is 7.04. The molecular weight excluding hydrogens is 330 g/mol. The second-order valence-electron chi connectivity index (χ2n) is 7.29. The third-order valence-electron chi connectivity index (χ3n) is 4.63. The number of unbranched alkanes of at least 4 members (excludes halogenated alkanes) is 1. The molecule has 0 fully saturated rings. The third-order valence-corrected chi connectivity index (χ3v) is 4.88. The van der Waals surface area contributed by atoms with Crippen molar-refractivity contribution < 1.29 is 5.11 Å². The molecule has 0 aliphatic heterocycles. The van der Waals surface area contributed by atoms with Crippen LogP contribution in [-0.2, 0) is 13.0 Å². The van der Waals surface area contributed by atoms with Crippen molar-refractivity contribution in [1.29, 1.82) is 0 Å². The van der Waals surface area contributed by atoms with Crippen LogP contribution in [0.4, 0.5) is 0 Å². The fraction of sp³-hybridized carbons (Fsp3) is 0.500. The number of rotatable bonds is 7. The average molecular weight is 360 g/mol. The van der Waals surface area contributed by atoms with E-state index in [1.807, 2.05) is 12.1 Å². The summed E-state index contributed by atoms with van der Waals surface area (Å²) in [5, 5.41) is 10.9. The molecule has 1 aromatic heterocycles. The standard InChI is InChI=1S/C22H30ClNO/c1-6-7-8-18-20(16-9-11-17(23)12-10-16)19(13-25)22(15(4)5)24-21(18)14(2)3/h9-12,14-15,25H,6-8,13H2,1-5H3. The van der Waals surface area contributed by atoms with Crippen molar-refractivity contribution in [3.05, 3.63) is 51.8 Å². The molecule has 0 aliphatic rings. The second-order valence-corrected chi connectivity index (χ2v) is 7.73. The lowest BCUT2D eigenvalue weighted by atomic mass is 9.85. The van der Waals surface area contributed by atoms with Crippen LogP contribution in [0.5, 0.6) is 0 Å². The van der Waals surface area contributed by atoms with Crippen LogP contribution in [0.25, 0.3) is 11.1 Å². The number of benzene rings is 1. The van der Waals surface area contributed by atoms with E-state index in [4.69, 9.17) is 16.6 Å². The van der Waals surface area contributed by atoms with Gasteiger partial charge in [-0.2, -0.15) is 0 Å². The van der Waals surface area contributed by atoms with Gasteiger partial charge in [-0.3, -0.25) is 4.98 Å². The fourth-order valence-electron chi connectivity index (χ4n) is 3.39. The van der Waals surface area contributed by atoms with Crippen LogP contribution in [0.15, 0.2) is 24.3 Å². The molecule has 0 atom stereocenters. The van der Waals surface area contributed by atoms with Crippen LogP contribution < -0.4 is 0 Å². The van der Waals surface area contributed by atoms with Crippen molar-refractivity contribution in [2.45, 2.75) is 72.3 Å². The summed E-state index contributed by atoms with van der Waals surface area (Å²) in [6, 6.07) is 7.96. The summed E-state index contributed by atoms with van der Waals surface area (Å²) in [5.74, 6) is 0.620. The highest BCUT2D eigenvalue weighted by atomic mass is 35.5. The van der Waals surface area contributed by atoms with Gasteiger partial charge in [0.25, 0.3) is 0 Å². The van der Waals surface area contributed by atoms with Crippen molar-refractivity contribution in [2.24, 2.45) is 0 Å². The highest BCUT2D eigenvalue weighted by Gasteiger charge is 2.22. The van der Waals surface area contributed by atoms with E-state index in [9.17, 15) is 5.11 Å². The van der Waals surface area contributed by atoms with Gasteiger partial charge in [0.2, 0.25) is 0 Å². The summed E-state index contributed by atoms with van der Waals surface area (Å²) >= 11 is 6.10. The Morgan fingerprint density at radius 2 is 1.52 bits per heavy atom. The number of aliphatic hydroxyl groups is 1. The van der Waals surface area contributed by atoms with E-state index in [1.165, 1.54) is 11.3 Å². The maximum absolute atomic E-state index is 10.2. The number of aliphatic hydroxyl groups excluding tert-OH is 1. The fourth-order valence-corrected chi connectivity index (χ4v) is 3.52. The van der Waals surface area contributed by atoms with Gasteiger partial charge in [-0.15, -0.1) is 0 Å². The molecule has 2 nitrogen and oxygen atoms in total. The lowest BCUT2D eigenvalue weighted by Crippen LogP contribution is -2.12. The van der Waals surface area contributed by atoms with Crippen molar-refractivity contribution >= 4 is 11.6 Å². The van der Waals surface area contributed by atoms with Crippen molar-refractivity contribution in [3.63, 3.8) is 0 Å². The van der Waals surface area contributed by atoms with Crippen molar-refractivity contribution in [1.82, 2.24) is 4.98 Å². The molecule has 2 rings (SSSR count). The first kappa shape index (κ1) is 19.9. The summed E-state index contributed by atoms with van der Waals surface area (Å²) in [7, 11) is 0. The van der Waals surface area contributed by atoms with Crippen LogP contribution in [0.3, 0.4) is 0 Å². The molecule has 1 N–H and O–H groups in total. The van der Waals surface area contributed by atoms with Gasteiger partial charge in [0.15, 0.2) is 0 Å². The van der Waals surface area contributed by atoms with Crippen LogP contribution in [-0.4, -0.2) is 10.1 Å². The molecule has 1 aromatic carbocycles. The Morgan fingerprint density at radius 3 is 2.00 bits per heavy atom. The molecule has 2 aromatic rings. The molecular formula is C22H30ClNO.